The van der Waals surface area contributed by atoms with Crippen molar-refractivity contribution in [1.82, 2.24) is 9.66 Å². The van der Waals surface area contributed by atoms with Gasteiger partial charge in [-0.15, -0.1) is 0 Å². The van der Waals surface area contributed by atoms with Gasteiger partial charge in [0.1, 0.15) is 5.69 Å². The lowest BCUT2D eigenvalue weighted by Gasteiger charge is -2.40. The van der Waals surface area contributed by atoms with Gasteiger partial charge < -0.3 is 16.5 Å². The third-order valence-electron chi connectivity index (χ3n) is 3.34. The summed E-state index contributed by atoms with van der Waals surface area (Å²) in [7, 11) is 0. The fourth-order valence-electron chi connectivity index (χ4n) is 2.52. The summed E-state index contributed by atoms with van der Waals surface area (Å²) >= 11 is 0. The number of hydrogen-bond donors (Lipinski definition) is 2. The van der Waals surface area contributed by atoms with E-state index in [0.29, 0.717) is 11.6 Å². The topological polar surface area (TPSA) is 90.2 Å². The highest BCUT2D eigenvalue weighted by atomic mass is 16.1. The molecule has 3 aliphatic heterocycles. The Kier molecular flexibility index (Phi) is 1.52. The highest BCUT2D eigenvalue weighted by Gasteiger charge is 2.35. The number of aromatic nitrogens is 2. The molecule has 1 aromatic heterocycles. The van der Waals surface area contributed by atoms with E-state index in [4.69, 9.17) is 11.6 Å². The Hall–Kier alpha value is -1.72. The van der Waals surface area contributed by atoms with Crippen LogP contribution in [0.2, 0.25) is 0 Å². The maximum Gasteiger partial charge on any atom is 0.297 e. The molecule has 1 aromatic rings. The maximum atomic E-state index is 11.9. The maximum absolute atomic E-state index is 11.9. The fourth-order valence-corrected chi connectivity index (χ4v) is 2.52. The number of anilines is 2. The normalized spacial score (nSPS) is 19.3. The van der Waals surface area contributed by atoms with E-state index in [1.54, 1.807) is 0 Å². The van der Waals surface area contributed by atoms with Crippen LogP contribution < -0.4 is 22.0 Å². The summed E-state index contributed by atoms with van der Waals surface area (Å²) in [4.78, 5) is 18.2. The van der Waals surface area contributed by atoms with Crippen LogP contribution >= 0.6 is 0 Å². The molecule has 4 heterocycles. The van der Waals surface area contributed by atoms with Crippen molar-refractivity contribution in [2.24, 2.45) is 0 Å². The van der Waals surface area contributed by atoms with Crippen LogP contribution in [-0.2, 0) is 0 Å². The van der Waals surface area contributed by atoms with Crippen molar-refractivity contribution < 1.29 is 0 Å². The third kappa shape index (κ3) is 0.986. The molecule has 0 saturated carbocycles. The van der Waals surface area contributed by atoms with Crippen LogP contribution in [0.1, 0.15) is 24.5 Å². The zero-order chi connectivity index (χ0) is 10.6. The van der Waals surface area contributed by atoms with Gasteiger partial charge in [-0.05, 0) is 12.8 Å². The Morgan fingerprint density at radius 3 is 2.67 bits per heavy atom. The number of hydrogen-bond acceptors (Lipinski definition) is 5. The van der Waals surface area contributed by atoms with E-state index in [-0.39, 0.29) is 11.5 Å². The number of nitrogens with two attached hydrogens (primary N) is 2. The summed E-state index contributed by atoms with van der Waals surface area (Å²) in [6, 6.07) is 0. The van der Waals surface area contributed by atoms with Gasteiger partial charge in [0.15, 0.2) is 0 Å². The minimum atomic E-state index is -0.220. The Morgan fingerprint density at radius 2 is 2.00 bits per heavy atom. The second-order valence-electron chi connectivity index (χ2n) is 4.14. The molecule has 1 fully saturated rings. The minimum Gasteiger partial charge on any atom is -0.368 e. The lowest BCUT2D eigenvalue weighted by Crippen LogP contribution is -2.46. The van der Waals surface area contributed by atoms with Crippen LogP contribution in [0.3, 0.4) is 0 Å². The summed E-state index contributed by atoms with van der Waals surface area (Å²) in [5.41, 5.74) is 6.87. The van der Waals surface area contributed by atoms with Crippen LogP contribution in [-0.4, -0.2) is 22.7 Å². The number of piperidine rings is 1. The number of nitrogen functional groups attached to an aromatic ring is 2. The smallest absolute Gasteiger partial charge is 0.297 e. The molecule has 0 aromatic carbocycles. The Bertz CT molecular complexity index is 472. The van der Waals surface area contributed by atoms with Crippen molar-refractivity contribution in [3.8, 4) is 0 Å². The van der Waals surface area contributed by atoms with Crippen LogP contribution in [0.4, 0.5) is 11.6 Å². The molecule has 2 bridgehead atoms. The van der Waals surface area contributed by atoms with Gasteiger partial charge in [-0.25, -0.2) is 4.98 Å². The molecule has 0 unspecified atom stereocenters. The SMILES string of the molecule is Nc1nc2c(c(=O)n1N)N1CCC2CC1. The molecule has 4 N–H and O–H groups in total. The zero-order valence-corrected chi connectivity index (χ0v) is 8.31. The molecule has 6 nitrogen and oxygen atoms in total. The van der Waals surface area contributed by atoms with E-state index >= 15 is 0 Å². The van der Waals surface area contributed by atoms with E-state index in [0.717, 1.165) is 36.3 Å². The predicted molar refractivity (Wildman–Crippen MR) is 57.2 cm³/mol. The van der Waals surface area contributed by atoms with Crippen molar-refractivity contribution in [2.75, 3.05) is 29.6 Å². The molecule has 0 aliphatic carbocycles. The molecule has 0 radical (unpaired) electrons. The molecule has 3 aliphatic rings. The van der Waals surface area contributed by atoms with Crippen LogP contribution in [0, 0.1) is 0 Å². The average molecular weight is 207 g/mol. The second-order valence-corrected chi connectivity index (χ2v) is 4.14. The number of rotatable bonds is 0. The summed E-state index contributed by atoms with van der Waals surface area (Å²) in [5.74, 6) is 6.02. The van der Waals surface area contributed by atoms with Crippen molar-refractivity contribution in [1.29, 1.82) is 0 Å². The summed E-state index contributed by atoms with van der Waals surface area (Å²) < 4.78 is 0.930. The minimum absolute atomic E-state index is 0.104. The van der Waals surface area contributed by atoms with Crippen molar-refractivity contribution in [2.45, 2.75) is 18.8 Å². The Labute approximate surface area is 86.5 Å². The lowest BCUT2D eigenvalue weighted by molar-refractivity contribution is 0.459. The summed E-state index contributed by atoms with van der Waals surface area (Å²) in [5, 5.41) is 0. The van der Waals surface area contributed by atoms with E-state index in [9.17, 15) is 4.79 Å². The fraction of sp³-hybridized carbons (Fsp3) is 0.556. The standard InChI is InChI=1S/C9H13N5O/c10-9-12-6-5-1-3-13(4-2-5)7(6)8(15)14(9)11/h5H,1-4,11H2,(H2,10,12). The molecule has 0 atom stereocenters. The Morgan fingerprint density at radius 1 is 1.33 bits per heavy atom. The second kappa shape index (κ2) is 2.65. The number of nitrogens with zero attached hydrogens (tertiary/aromatic N) is 3. The van der Waals surface area contributed by atoms with Crippen LogP contribution in [0.5, 0.6) is 0 Å². The quantitative estimate of drug-likeness (QED) is 0.545. The summed E-state index contributed by atoms with van der Waals surface area (Å²) in [6.07, 6.45) is 2.13. The lowest BCUT2D eigenvalue weighted by atomic mass is 9.87. The molecule has 80 valence electrons. The largest absolute Gasteiger partial charge is 0.368 e. The first-order valence-corrected chi connectivity index (χ1v) is 5.11. The van der Waals surface area contributed by atoms with E-state index in [2.05, 4.69) is 9.88 Å². The van der Waals surface area contributed by atoms with Crippen LogP contribution in [0.15, 0.2) is 4.79 Å². The monoisotopic (exact) mass is 207 g/mol. The number of fused-ring (bicyclic) bond motifs is 2. The first kappa shape index (κ1) is 8.58. The summed E-state index contributed by atoms with van der Waals surface area (Å²) in [6.45, 7) is 1.86. The van der Waals surface area contributed by atoms with Gasteiger partial charge in [-0.1, -0.05) is 0 Å². The molecule has 0 spiro atoms. The molecule has 0 amide bonds. The van der Waals surface area contributed by atoms with Gasteiger partial charge in [0.25, 0.3) is 5.56 Å². The third-order valence-corrected chi connectivity index (χ3v) is 3.34. The van der Waals surface area contributed by atoms with Gasteiger partial charge in [0.05, 0.1) is 5.69 Å². The Balaban J connectivity index is 2.32. The first-order valence-electron chi connectivity index (χ1n) is 5.11. The van der Waals surface area contributed by atoms with Crippen molar-refractivity contribution in [3.05, 3.63) is 16.0 Å². The molecule has 15 heavy (non-hydrogen) atoms. The highest BCUT2D eigenvalue weighted by Crippen LogP contribution is 2.38. The van der Waals surface area contributed by atoms with Gasteiger partial charge in [0, 0.05) is 19.0 Å². The van der Waals surface area contributed by atoms with Crippen molar-refractivity contribution >= 4 is 11.6 Å². The predicted octanol–water partition coefficient (Wildman–Crippen LogP) is -0.763. The molecular formula is C9H13N5O. The average Bonchev–Trinajstić information content (AvgIpc) is 2.27. The highest BCUT2D eigenvalue weighted by molar-refractivity contribution is 5.56. The van der Waals surface area contributed by atoms with E-state index in [1.807, 2.05) is 0 Å². The zero-order valence-electron chi connectivity index (χ0n) is 8.31. The van der Waals surface area contributed by atoms with E-state index < -0.39 is 0 Å². The van der Waals surface area contributed by atoms with Gasteiger partial charge >= 0.3 is 0 Å². The molecule has 1 saturated heterocycles. The van der Waals surface area contributed by atoms with Gasteiger partial charge in [-0.3, -0.25) is 4.79 Å². The van der Waals surface area contributed by atoms with Crippen molar-refractivity contribution in [3.63, 3.8) is 0 Å². The van der Waals surface area contributed by atoms with Crippen LogP contribution in [0.25, 0.3) is 0 Å². The van der Waals surface area contributed by atoms with E-state index in [1.165, 1.54) is 0 Å². The van der Waals surface area contributed by atoms with Gasteiger partial charge in [-0.2, -0.15) is 4.68 Å². The first-order chi connectivity index (χ1) is 7.18. The molecule has 4 rings (SSSR count). The van der Waals surface area contributed by atoms with Gasteiger partial charge in [0.2, 0.25) is 5.95 Å². The molecular weight excluding hydrogens is 194 g/mol. The molecule has 6 heteroatoms.